The van der Waals surface area contributed by atoms with E-state index in [0.717, 1.165) is 22.0 Å². The second kappa shape index (κ2) is 12.6. The van der Waals surface area contributed by atoms with Crippen LogP contribution in [-0.2, 0) is 16.6 Å². The van der Waals surface area contributed by atoms with Crippen LogP contribution in [0.1, 0.15) is 26.3 Å². The smallest absolute Gasteiger partial charge is 0.323 e. The van der Waals surface area contributed by atoms with Crippen LogP contribution in [0, 0.1) is 0 Å². The number of aromatic nitrogens is 1. The summed E-state index contributed by atoms with van der Waals surface area (Å²) >= 11 is -1.32. The number of methoxy groups -OCH3 is 1. The lowest BCUT2D eigenvalue weighted by Gasteiger charge is -2.23. The van der Waals surface area contributed by atoms with Gasteiger partial charge in [-0.05, 0) is 58.6 Å². The molecular formula is C34H34N4O4S. The topological polar surface area (TPSA) is 108 Å². The lowest BCUT2D eigenvalue weighted by Crippen LogP contribution is -2.22. The van der Waals surface area contributed by atoms with Gasteiger partial charge in [0, 0.05) is 34.8 Å². The summed E-state index contributed by atoms with van der Waals surface area (Å²) in [6.07, 6.45) is 3.28. The van der Waals surface area contributed by atoms with Crippen LogP contribution < -0.4 is 25.4 Å². The van der Waals surface area contributed by atoms with Gasteiger partial charge < -0.3 is 30.0 Å². The second-order valence-corrected chi connectivity index (χ2v) is 12.3. The van der Waals surface area contributed by atoms with Gasteiger partial charge in [-0.15, -0.1) is 0 Å². The maximum atomic E-state index is 13.3. The molecule has 43 heavy (non-hydrogen) atoms. The fourth-order valence-corrected chi connectivity index (χ4v) is 5.38. The number of carbonyl (C=O) groups excluding carboxylic acids is 1. The minimum Gasteiger partial charge on any atom is -0.612 e. The molecule has 5 rings (SSSR count). The molecule has 0 saturated carbocycles. The third-order valence-electron chi connectivity index (χ3n) is 6.82. The Morgan fingerprint density at radius 3 is 2.26 bits per heavy atom. The van der Waals surface area contributed by atoms with Gasteiger partial charge in [-0.1, -0.05) is 63.2 Å². The molecule has 0 aliphatic rings. The highest BCUT2D eigenvalue weighted by Crippen LogP contribution is 2.39. The molecule has 1 atom stereocenters. The average molecular weight is 595 g/mol. The Bertz CT molecular complexity index is 1750. The average Bonchev–Trinajstić information content (AvgIpc) is 2.98. The lowest BCUT2D eigenvalue weighted by atomic mass is 9.86. The number of benzene rings is 4. The number of amides is 2. The molecule has 1 heterocycles. The summed E-state index contributed by atoms with van der Waals surface area (Å²) in [6.45, 7) is 6.18. The Hall–Kier alpha value is -4.73. The molecule has 220 valence electrons. The number of fused-ring (bicyclic) bond motifs is 1. The predicted molar refractivity (Wildman–Crippen MR) is 175 cm³/mol. The van der Waals surface area contributed by atoms with Crippen LogP contribution in [0.25, 0.3) is 10.8 Å². The zero-order valence-electron chi connectivity index (χ0n) is 24.7. The van der Waals surface area contributed by atoms with Crippen LogP contribution in [0.4, 0.5) is 27.7 Å². The summed E-state index contributed by atoms with van der Waals surface area (Å²) in [5, 5.41) is 10.8. The monoisotopic (exact) mass is 594 g/mol. The Kier molecular flexibility index (Phi) is 8.75. The number of hydrogen-bond acceptors (Lipinski definition) is 6. The molecule has 4 aromatic carbocycles. The molecule has 9 heteroatoms. The molecule has 0 aliphatic heterocycles. The Balaban J connectivity index is 1.39. The van der Waals surface area contributed by atoms with Crippen LogP contribution >= 0.6 is 0 Å². The number of ether oxygens (including phenoxy) is 2. The fourth-order valence-electron chi connectivity index (χ4n) is 4.64. The lowest BCUT2D eigenvalue weighted by molar-refractivity contribution is 0.262. The number of carbonyl (C=O) groups is 1. The number of rotatable bonds is 8. The summed E-state index contributed by atoms with van der Waals surface area (Å²) in [5.74, 6) is 2.28. The number of para-hydroxylation sites is 1. The number of urea groups is 1. The third-order valence-corrected chi connectivity index (χ3v) is 7.74. The van der Waals surface area contributed by atoms with Gasteiger partial charge in [0.05, 0.1) is 18.5 Å². The molecule has 5 aromatic rings. The minimum absolute atomic E-state index is 0.230. The maximum absolute atomic E-state index is 13.3. The normalized spacial score (nSPS) is 12.0. The van der Waals surface area contributed by atoms with Crippen molar-refractivity contribution in [2.75, 3.05) is 29.3 Å². The molecule has 0 radical (unpaired) electrons. The van der Waals surface area contributed by atoms with Crippen molar-refractivity contribution in [3.05, 3.63) is 103 Å². The van der Waals surface area contributed by atoms with Crippen molar-refractivity contribution < 1.29 is 18.8 Å². The van der Waals surface area contributed by atoms with Crippen molar-refractivity contribution in [3.8, 4) is 17.2 Å². The van der Waals surface area contributed by atoms with Crippen molar-refractivity contribution in [1.29, 1.82) is 0 Å². The van der Waals surface area contributed by atoms with E-state index < -0.39 is 17.2 Å². The number of nitrogens with one attached hydrogen (secondary N) is 3. The quantitative estimate of drug-likeness (QED) is 0.156. The summed E-state index contributed by atoms with van der Waals surface area (Å²) in [5.41, 5.74) is 2.67. The van der Waals surface area contributed by atoms with Crippen LogP contribution in [0.3, 0.4) is 0 Å². The Morgan fingerprint density at radius 2 is 1.56 bits per heavy atom. The van der Waals surface area contributed by atoms with Crippen molar-refractivity contribution in [3.63, 3.8) is 0 Å². The van der Waals surface area contributed by atoms with Gasteiger partial charge in [0.2, 0.25) is 0 Å². The molecular weight excluding hydrogens is 560 g/mol. The minimum atomic E-state index is -1.32. The zero-order valence-corrected chi connectivity index (χ0v) is 25.5. The summed E-state index contributed by atoms with van der Waals surface area (Å²) in [7, 11) is 1.50. The van der Waals surface area contributed by atoms with Gasteiger partial charge in [-0.25, -0.2) is 9.78 Å². The van der Waals surface area contributed by atoms with Crippen LogP contribution in [0.2, 0.25) is 0 Å². The molecule has 0 aliphatic carbocycles. The van der Waals surface area contributed by atoms with Gasteiger partial charge in [0.15, 0.2) is 10.6 Å². The van der Waals surface area contributed by atoms with Gasteiger partial charge >= 0.3 is 6.03 Å². The highest BCUT2D eigenvalue weighted by atomic mass is 32.2. The molecule has 0 fully saturated rings. The highest BCUT2D eigenvalue weighted by Gasteiger charge is 2.25. The number of anilines is 4. The molecule has 3 N–H and O–H groups in total. The van der Waals surface area contributed by atoms with Crippen molar-refractivity contribution in [2.24, 2.45) is 0 Å². The molecule has 0 bridgehead atoms. The van der Waals surface area contributed by atoms with Crippen molar-refractivity contribution >= 4 is 50.9 Å². The first-order chi connectivity index (χ1) is 20.6. The molecule has 1 aromatic heterocycles. The van der Waals surface area contributed by atoms with Crippen LogP contribution in [0.5, 0.6) is 17.2 Å². The van der Waals surface area contributed by atoms with Gasteiger partial charge in [0.1, 0.15) is 23.6 Å². The third kappa shape index (κ3) is 7.02. The van der Waals surface area contributed by atoms with E-state index in [1.54, 1.807) is 24.6 Å². The molecule has 0 spiro atoms. The SMILES string of the molecule is COc1c(NC(=O)Nc2ccc(Oc3ccnc(Nc4ccccc4)c3)c3ccccc23)cc(C(C)(C)C)cc1[S@@+](C)[O-]. The Labute approximate surface area is 254 Å². The number of hydrogen-bond donors (Lipinski definition) is 3. The van der Waals surface area contributed by atoms with Crippen LogP contribution in [0.15, 0.2) is 102 Å². The fraction of sp³-hybridized carbons (Fsp3) is 0.176. The van der Waals surface area contributed by atoms with E-state index in [-0.39, 0.29) is 5.41 Å². The first kappa shape index (κ1) is 29.8. The molecule has 0 unspecified atom stereocenters. The van der Waals surface area contributed by atoms with Crippen molar-refractivity contribution in [1.82, 2.24) is 4.98 Å². The number of nitrogens with zero attached hydrogens (tertiary/aromatic N) is 1. The van der Waals surface area contributed by atoms with Gasteiger partial charge in [-0.3, -0.25) is 0 Å². The van der Waals surface area contributed by atoms with E-state index in [2.05, 4.69) is 41.7 Å². The molecule has 8 nitrogen and oxygen atoms in total. The summed E-state index contributed by atoms with van der Waals surface area (Å²) in [6, 6.07) is 28.0. The van der Waals surface area contributed by atoms with Crippen LogP contribution in [-0.4, -0.2) is 28.9 Å². The Morgan fingerprint density at radius 1 is 0.860 bits per heavy atom. The van der Waals surface area contributed by atoms with Gasteiger partial charge in [-0.2, -0.15) is 0 Å². The predicted octanol–water partition coefficient (Wildman–Crippen LogP) is 8.46. The highest BCUT2D eigenvalue weighted by molar-refractivity contribution is 7.90. The van der Waals surface area contributed by atoms with E-state index >= 15 is 0 Å². The first-order valence-corrected chi connectivity index (χ1v) is 15.3. The zero-order chi connectivity index (χ0) is 30.6. The summed E-state index contributed by atoms with van der Waals surface area (Å²) < 4.78 is 24.4. The largest absolute Gasteiger partial charge is 0.612 e. The van der Waals surface area contributed by atoms with E-state index in [1.807, 2.05) is 78.9 Å². The van der Waals surface area contributed by atoms with Crippen molar-refractivity contribution in [2.45, 2.75) is 31.1 Å². The summed E-state index contributed by atoms with van der Waals surface area (Å²) in [4.78, 5) is 18.2. The first-order valence-electron chi connectivity index (χ1n) is 13.7. The maximum Gasteiger partial charge on any atom is 0.323 e. The van der Waals surface area contributed by atoms with Gasteiger partial charge in [0.25, 0.3) is 0 Å². The van der Waals surface area contributed by atoms with E-state index in [1.165, 1.54) is 7.11 Å². The van der Waals surface area contributed by atoms with E-state index in [4.69, 9.17) is 9.47 Å². The van der Waals surface area contributed by atoms with E-state index in [0.29, 0.717) is 39.3 Å². The standard InChI is InChI=1S/C34H34N4O4S/c1-34(2,3)22-19-28(32(41-4)30(20-22)43(5)40)38-33(39)37-27-15-16-29(26-14-10-9-13-25(26)27)42-24-17-18-35-31(21-24)36-23-11-7-6-8-12-23/h6-21H,1-5H3,(H,35,36)(H2,37,38,39)/t43-/m1/s1. The number of pyridine rings is 1. The second-order valence-electron chi connectivity index (χ2n) is 11.0. The molecule has 0 saturated heterocycles. The van der Waals surface area contributed by atoms with E-state index in [9.17, 15) is 9.35 Å². The molecule has 2 amide bonds.